The fraction of sp³-hybridized carbons (Fsp3) is 0.364. The van der Waals surface area contributed by atoms with E-state index in [2.05, 4.69) is 5.32 Å². The molecule has 0 aromatic heterocycles. The Bertz CT molecular complexity index is 263. The van der Waals surface area contributed by atoms with Gasteiger partial charge in [-0.2, -0.15) is 0 Å². The molecule has 1 rings (SSSR count). The highest BCUT2D eigenvalue weighted by Crippen LogP contribution is 2.20. The minimum absolute atomic E-state index is 0.0498. The van der Waals surface area contributed by atoms with Crippen LogP contribution in [0.15, 0.2) is 36.6 Å². The molecule has 0 radical (unpaired) electrons. The van der Waals surface area contributed by atoms with Gasteiger partial charge in [-0.15, -0.1) is 0 Å². The summed E-state index contributed by atoms with van der Waals surface area (Å²) >= 11 is 0. The second-order valence-electron chi connectivity index (χ2n) is 3.02. The van der Waals surface area contributed by atoms with Gasteiger partial charge in [0.2, 0.25) is 5.91 Å². The van der Waals surface area contributed by atoms with Gasteiger partial charge in [0.1, 0.15) is 0 Å². The van der Waals surface area contributed by atoms with Crippen LogP contribution in [0.1, 0.15) is 13.8 Å². The van der Waals surface area contributed by atoms with Crippen LogP contribution in [-0.4, -0.2) is 5.91 Å². The molecule has 0 aromatic rings. The van der Waals surface area contributed by atoms with E-state index in [1.54, 1.807) is 6.20 Å². The molecule has 2 unspecified atom stereocenters. The van der Waals surface area contributed by atoms with E-state index in [9.17, 15) is 4.79 Å². The molecule has 2 atom stereocenters. The topological polar surface area (TPSA) is 29.1 Å². The first-order valence-corrected chi connectivity index (χ1v) is 4.52. The van der Waals surface area contributed by atoms with Crippen molar-refractivity contribution in [3.63, 3.8) is 0 Å². The van der Waals surface area contributed by atoms with Gasteiger partial charge in [-0.1, -0.05) is 30.4 Å². The number of nitrogens with one attached hydrogen (secondary N) is 1. The Hall–Kier alpha value is -1.31. The Kier molecular flexibility index (Phi) is 3.50. The third-order valence-corrected chi connectivity index (χ3v) is 2.08. The zero-order valence-electron chi connectivity index (χ0n) is 8.03. The summed E-state index contributed by atoms with van der Waals surface area (Å²) in [6.45, 7) is 3.89. The lowest BCUT2D eigenvalue weighted by Gasteiger charge is -2.21. The summed E-state index contributed by atoms with van der Waals surface area (Å²) in [7, 11) is 0. The van der Waals surface area contributed by atoms with Crippen LogP contribution in [0.4, 0.5) is 0 Å². The maximum absolute atomic E-state index is 11.4. The van der Waals surface area contributed by atoms with Crippen molar-refractivity contribution < 1.29 is 4.79 Å². The summed E-state index contributed by atoms with van der Waals surface area (Å²) in [6, 6.07) is 0. The van der Waals surface area contributed by atoms with Crippen molar-refractivity contribution in [2.45, 2.75) is 13.8 Å². The molecule has 0 bridgehead atoms. The molecule has 70 valence electrons. The molecule has 0 aliphatic carbocycles. The smallest absolute Gasteiger partial charge is 0.231 e. The lowest BCUT2D eigenvalue weighted by Crippen LogP contribution is -2.33. The van der Waals surface area contributed by atoms with Crippen LogP contribution in [-0.2, 0) is 4.79 Å². The van der Waals surface area contributed by atoms with Gasteiger partial charge >= 0.3 is 0 Å². The van der Waals surface area contributed by atoms with Gasteiger partial charge in [-0.05, 0) is 13.8 Å². The minimum atomic E-state index is -0.0498. The van der Waals surface area contributed by atoms with Crippen LogP contribution in [0, 0.1) is 11.8 Å². The van der Waals surface area contributed by atoms with E-state index in [4.69, 9.17) is 0 Å². The van der Waals surface area contributed by atoms with Crippen molar-refractivity contribution in [3.05, 3.63) is 36.6 Å². The highest BCUT2D eigenvalue weighted by atomic mass is 16.1. The van der Waals surface area contributed by atoms with Crippen LogP contribution in [0.5, 0.6) is 0 Å². The van der Waals surface area contributed by atoms with Crippen molar-refractivity contribution in [1.29, 1.82) is 0 Å². The fourth-order valence-corrected chi connectivity index (χ4v) is 1.46. The van der Waals surface area contributed by atoms with Crippen molar-refractivity contribution in [3.8, 4) is 0 Å². The maximum Gasteiger partial charge on any atom is 0.231 e. The van der Waals surface area contributed by atoms with Crippen LogP contribution in [0.2, 0.25) is 0 Å². The molecular weight excluding hydrogens is 162 g/mol. The van der Waals surface area contributed by atoms with Gasteiger partial charge in [-0.3, -0.25) is 4.79 Å². The van der Waals surface area contributed by atoms with E-state index in [1.165, 1.54) is 0 Å². The van der Waals surface area contributed by atoms with E-state index >= 15 is 0 Å². The molecule has 1 heterocycles. The zero-order valence-corrected chi connectivity index (χ0v) is 8.03. The van der Waals surface area contributed by atoms with Gasteiger partial charge < -0.3 is 5.32 Å². The van der Waals surface area contributed by atoms with Crippen LogP contribution in [0.3, 0.4) is 0 Å². The first kappa shape index (κ1) is 9.78. The monoisotopic (exact) mass is 177 g/mol. The molecule has 13 heavy (non-hydrogen) atoms. The number of amides is 1. The quantitative estimate of drug-likeness (QED) is 0.642. The molecular formula is C11H15NO. The molecule has 2 heteroatoms. The van der Waals surface area contributed by atoms with Crippen molar-refractivity contribution >= 4 is 5.91 Å². The summed E-state index contributed by atoms with van der Waals surface area (Å²) in [5.74, 6) is 0.227. The second-order valence-corrected chi connectivity index (χ2v) is 3.02. The number of carbonyl (C=O) groups excluding carboxylic acids is 1. The Labute approximate surface area is 79.0 Å². The lowest BCUT2D eigenvalue weighted by atomic mass is 9.88. The van der Waals surface area contributed by atoms with E-state index in [1.807, 2.05) is 44.2 Å². The number of rotatable bonds is 2. The Morgan fingerprint density at radius 3 is 2.62 bits per heavy atom. The van der Waals surface area contributed by atoms with Gasteiger partial charge in [0.05, 0.1) is 5.92 Å². The minimum Gasteiger partial charge on any atom is -0.332 e. The third-order valence-electron chi connectivity index (χ3n) is 2.08. The summed E-state index contributed by atoms with van der Waals surface area (Å²) in [6.07, 6.45) is 11.6. The Morgan fingerprint density at radius 2 is 2.00 bits per heavy atom. The summed E-state index contributed by atoms with van der Waals surface area (Å²) in [5, 5.41) is 2.70. The van der Waals surface area contributed by atoms with Crippen molar-refractivity contribution in [2.75, 3.05) is 0 Å². The molecule has 1 aliphatic rings. The molecule has 0 aromatic carbocycles. The summed E-state index contributed by atoms with van der Waals surface area (Å²) in [5.41, 5.74) is 0. The van der Waals surface area contributed by atoms with E-state index in [-0.39, 0.29) is 17.7 Å². The highest BCUT2D eigenvalue weighted by molar-refractivity contribution is 5.83. The molecule has 1 aliphatic heterocycles. The fourth-order valence-electron chi connectivity index (χ4n) is 1.46. The second kappa shape index (κ2) is 4.65. The Morgan fingerprint density at radius 1 is 1.31 bits per heavy atom. The first-order chi connectivity index (χ1) is 6.29. The van der Waals surface area contributed by atoms with E-state index < -0.39 is 0 Å². The molecule has 0 saturated heterocycles. The highest BCUT2D eigenvalue weighted by Gasteiger charge is 2.23. The average Bonchev–Trinajstić information content (AvgIpc) is 2.11. The molecule has 0 fully saturated rings. The predicted octanol–water partition coefficient (Wildman–Crippen LogP) is 2.01. The number of hydrogen-bond acceptors (Lipinski definition) is 1. The molecule has 0 saturated carbocycles. The average molecular weight is 177 g/mol. The van der Waals surface area contributed by atoms with Gasteiger partial charge in [0, 0.05) is 12.1 Å². The van der Waals surface area contributed by atoms with E-state index in [0.29, 0.717) is 0 Å². The first-order valence-electron chi connectivity index (χ1n) is 4.52. The lowest BCUT2D eigenvalue weighted by molar-refractivity contribution is -0.123. The normalized spacial score (nSPS) is 28.6. The molecule has 1 amide bonds. The van der Waals surface area contributed by atoms with Gasteiger partial charge in [0.15, 0.2) is 0 Å². The predicted molar refractivity (Wildman–Crippen MR) is 53.9 cm³/mol. The van der Waals surface area contributed by atoms with Crippen molar-refractivity contribution in [2.24, 2.45) is 11.8 Å². The van der Waals surface area contributed by atoms with Gasteiger partial charge in [-0.25, -0.2) is 0 Å². The maximum atomic E-state index is 11.4. The third kappa shape index (κ3) is 2.31. The van der Waals surface area contributed by atoms with Gasteiger partial charge in [0.25, 0.3) is 0 Å². The van der Waals surface area contributed by atoms with Crippen LogP contribution < -0.4 is 5.32 Å². The number of hydrogen-bond donors (Lipinski definition) is 1. The van der Waals surface area contributed by atoms with Crippen molar-refractivity contribution in [1.82, 2.24) is 5.32 Å². The SMILES string of the molecule is C/C=C\C1C=CNC(=O)C1/C=C\C. The number of allylic oxidation sites excluding steroid dienone is 4. The standard InChI is InChI=1S/C11H15NO/c1-3-5-9-7-8-12-11(13)10(9)6-4-2/h3-10H,1-2H3,(H,12,13)/b5-3-,6-4-. The van der Waals surface area contributed by atoms with E-state index in [0.717, 1.165) is 0 Å². The molecule has 1 N–H and O–H groups in total. The Balaban J connectivity index is 2.84. The van der Waals surface area contributed by atoms with Crippen LogP contribution >= 0.6 is 0 Å². The number of carbonyl (C=O) groups is 1. The summed E-state index contributed by atoms with van der Waals surface area (Å²) < 4.78 is 0. The molecule has 0 spiro atoms. The summed E-state index contributed by atoms with van der Waals surface area (Å²) in [4.78, 5) is 11.4. The van der Waals surface area contributed by atoms with Crippen LogP contribution in [0.25, 0.3) is 0 Å². The largest absolute Gasteiger partial charge is 0.332 e. The molecule has 2 nitrogen and oxygen atoms in total. The zero-order chi connectivity index (χ0) is 9.68.